The predicted octanol–water partition coefficient (Wildman–Crippen LogP) is -0.238. The maximum atomic E-state index is 12.8. The van der Waals surface area contributed by atoms with Gasteiger partial charge in [0, 0.05) is 0 Å². The summed E-state index contributed by atoms with van der Waals surface area (Å²) in [6.45, 7) is 6.24. The molecule has 1 aliphatic rings. The summed E-state index contributed by atoms with van der Waals surface area (Å²) < 4.78 is 23.3. The van der Waals surface area contributed by atoms with Crippen LogP contribution in [0.2, 0.25) is 0 Å². The van der Waals surface area contributed by atoms with Crippen molar-refractivity contribution in [2.45, 2.75) is 71.1 Å². The number of imidazole rings is 1. The van der Waals surface area contributed by atoms with Crippen LogP contribution in [0, 0.1) is 11.8 Å². The van der Waals surface area contributed by atoms with Crippen LogP contribution in [0.1, 0.15) is 46.8 Å². The monoisotopic (exact) mass is 522 g/mol. The summed E-state index contributed by atoms with van der Waals surface area (Å²) in [7, 11) is 0. The highest BCUT2D eigenvalue weighted by Gasteiger charge is 2.33. The SMILES string of the molecule is CC(C)[C@H](N)C(=O)OC[C@H](OC(=O)[C@@H](N)C(C)C)C(=O)OC[C@@H]1CC[C@H](n2cnc3c(=O)[nH]cnc32)O1. The van der Waals surface area contributed by atoms with E-state index in [2.05, 4.69) is 15.0 Å². The van der Waals surface area contributed by atoms with Gasteiger partial charge in [-0.2, -0.15) is 0 Å². The van der Waals surface area contributed by atoms with Crippen LogP contribution in [0.15, 0.2) is 17.4 Å². The summed E-state index contributed by atoms with van der Waals surface area (Å²) in [5.41, 5.74) is 11.8. The van der Waals surface area contributed by atoms with Crippen LogP contribution in [0.4, 0.5) is 0 Å². The zero-order chi connectivity index (χ0) is 27.3. The molecule has 0 aromatic carbocycles. The average molecular weight is 523 g/mol. The first-order valence-corrected chi connectivity index (χ1v) is 12.1. The van der Waals surface area contributed by atoms with E-state index in [4.69, 9.17) is 30.4 Å². The van der Waals surface area contributed by atoms with E-state index in [9.17, 15) is 19.2 Å². The highest BCUT2D eigenvalue weighted by molar-refractivity contribution is 5.82. The lowest BCUT2D eigenvalue weighted by Gasteiger charge is -2.22. The summed E-state index contributed by atoms with van der Waals surface area (Å²) in [4.78, 5) is 59.9. The van der Waals surface area contributed by atoms with Gasteiger partial charge in [-0.25, -0.2) is 14.8 Å². The molecule has 1 fully saturated rings. The predicted molar refractivity (Wildman–Crippen MR) is 129 cm³/mol. The number of rotatable bonds is 11. The maximum Gasteiger partial charge on any atom is 0.351 e. The van der Waals surface area contributed by atoms with Crippen LogP contribution < -0.4 is 17.0 Å². The smallest absolute Gasteiger partial charge is 0.351 e. The Morgan fingerprint density at radius 1 is 1.05 bits per heavy atom. The molecule has 0 radical (unpaired) electrons. The van der Waals surface area contributed by atoms with E-state index in [1.54, 1.807) is 32.3 Å². The fourth-order valence-electron chi connectivity index (χ4n) is 3.52. The lowest BCUT2D eigenvalue weighted by Crippen LogP contribution is -2.44. The number of nitrogens with one attached hydrogen (secondary N) is 1. The van der Waals surface area contributed by atoms with Crippen LogP contribution in [-0.4, -0.2) is 74.9 Å². The molecule has 14 heteroatoms. The van der Waals surface area contributed by atoms with E-state index in [1.165, 1.54) is 12.7 Å². The van der Waals surface area contributed by atoms with Crippen molar-refractivity contribution in [1.82, 2.24) is 19.5 Å². The first kappa shape index (κ1) is 28.2. The van der Waals surface area contributed by atoms with Crippen molar-refractivity contribution in [2.24, 2.45) is 23.3 Å². The zero-order valence-corrected chi connectivity index (χ0v) is 21.3. The van der Waals surface area contributed by atoms with Crippen LogP contribution in [0.25, 0.3) is 11.2 Å². The molecule has 37 heavy (non-hydrogen) atoms. The molecule has 1 aliphatic heterocycles. The second-order valence-corrected chi connectivity index (χ2v) is 9.57. The molecule has 2 aromatic rings. The lowest BCUT2D eigenvalue weighted by molar-refractivity contribution is -0.178. The van der Waals surface area contributed by atoms with Gasteiger partial charge < -0.3 is 35.4 Å². The molecule has 0 amide bonds. The third-order valence-corrected chi connectivity index (χ3v) is 6.05. The van der Waals surface area contributed by atoms with Crippen molar-refractivity contribution in [1.29, 1.82) is 0 Å². The Balaban J connectivity index is 1.60. The fourth-order valence-corrected chi connectivity index (χ4v) is 3.52. The minimum absolute atomic E-state index is 0.139. The van der Waals surface area contributed by atoms with Crippen molar-refractivity contribution < 1.29 is 33.3 Å². The van der Waals surface area contributed by atoms with Crippen molar-refractivity contribution in [3.05, 3.63) is 23.0 Å². The molecule has 5 atom stereocenters. The quantitative estimate of drug-likeness (QED) is 0.258. The molecule has 3 rings (SSSR count). The van der Waals surface area contributed by atoms with E-state index in [1.807, 2.05) is 0 Å². The maximum absolute atomic E-state index is 12.8. The summed E-state index contributed by atoms with van der Waals surface area (Å²) >= 11 is 0. The van der Waals surface area contributed by atoms with Gasteiger partial charge in [-0.3, -0.25) is 19.0 Å². The first-order chi connectivity index (χ1) is 17.5. The van der Waals surface area contributed by atoms with Crippen LogP contribution in [-0.2, 0) is 33.3 Å². The molecule has 0 saturated carbocycles. The third-order valence-electron chi connectivity index (χ3n) is 6.05. The molecule has 0 unspecified atom stereocenters. The number of nitrogens with two attached hydrogens (primary N) is 2. The van der Waals surface area contributed by atoms with Gasteiger partial charge in [0.2, 0.25) is 6.10 Å². The van der Waals surface area contributed by atoms with Crippen LogP contribution in [0.3, 0.4) is 0 Å². The Bertz CT molecular complexity index is 1160. The highest BCUT2D eigenvalue weighted by Crippen LogP contribution is 2.30. The second-order valence-electron chi connectivity index (χ2n) is 9.57. The lowest BCUT2D eigenvalue weighted by atomic mass is 10.1. The molecular formula is C23H34N6O8. The molecule has 0 aliphatic carbocycles. The minimum atomic E-state index is -1.52. The Morgan fingerprint density at radius 3 is 2.41 bits per heavy atom. The number of aromatic amines is 1. The van der Waals surface area contributed by atoms with Crippen molar-refractivity contribution in [3.8, 4) is 0 Å². The number of fused-ring (bicyclic) bond motifs is 1. The van der Waals surface area contributed by atoms with E-state index in [-0.39, 0.29) is 29.5 Å². The van der Waals surface area contributed by atoms with Gasteiger partial charge in [-0.1, -0.05) is 27.7 Å². The van der Waals surface area contributed by atoms with Gasteiger partial charge in [0.25, 0.3) is 5.56 Å². The van der Waals surface area contributed by atoms with E-state index >= 15 is 0 Å². The average Bonchev–Trinajstić information content (AvgIpc) is 3.51. The first-order valence-electron chi connectivity index (χ1n) is 12.1. The number of carbonyl (C=O) groups excluding carboxylic acids is 3. The number of carbonyl (C=O) groups is 3. The number of hydrogen-bond acceptors (Lipinski definition) is 12. The molecule has 0 spiro atoms. The molecule has 0 bridgehead atoms. The summed E-state index contributed by atoms with van der Waals surface area (Å²) in [5, 5.41) is 0. The Morgan fingerprint density at radius 2 is 1.73 bits per heavy atom. The molecule has 2 aromatic heterocycles. The number of hydrogen-bond donors (Lipinski definition) is 3. The van der Waals surface area contributed by atoms with Gasteiger partial charge in [-0.15, -0.1) is 0 Å². The molecular weight excluding hydrogens is 488 g/mol. The summed E-state index contributed by atoms with van der Waals surface area (Å²) in [6.07, 6.45) is 1.40. The van der Waals surface area contributed by atoms with Gasteiger partial charge in [0.05, 0.1) is 18.8 Å². The van der Waals surface area contributed by atoms with Gasteiger partial charge in [0.15, 0.2) is 11.2 Å². The molecule has 14 nitrogen and oxygen atoms in total. The van der Waals surface area contributed by atoms with Crippen LogP contribution >= 0.6 is 0 Å². The number of H-pyrrole nitrogens is 1. The second kappa shape index (κ2) is 12.3. The van der Waals surface area contributed by atoms with Crippen LogP contribution in [0.5, 0.6) is 0 Å². The van der Waals surface area contributed by atoms with Crippen molar-refractivity contribution >= 4 is 29.1 Å². The summed E-state index contributed by atoms with van der Waals surface area (Å²) in [5.74, 6) is -2.91. The molecule has 3 heterocycles. The molecule has 1 saturated heterocycles. The zero-order valence-electron chi connectivity index (χ0n) is 21.3. The standard InChI is InChI=1S/C23H34N6O8/c1-11(2)16(24)22(32)35-8-14(37-23(33)17(25)12(3)4)21(31)34-7-13-5-6-15(36-13)29-10-28-18-19(29)26-9-27-20(18)30/h9-17H,5-8,24-25H2,1-4H3,(H,26,27,30)/t13-,14-,15+,16-,17-/m0/s1. The van der Waals surface area contributed by atoms with E-state index < -0.39 is 55.0 Å². The third kappa shape index (κ3) is 6.90. The van der Waals surface area contributed by atoms with Crippen molar-refractivity contribution in [3.63, 3.8) is 0 Å². The molecule has 204 valence electrons. The largest absolute Gasteiger partial charge is 0.460 e. The Kier molecular flexibility index (Phi) is 9.34. The highest BCUT2D eigenvalue weighted by atomic mass is 16.6. The van der Waals surface area contributed by atoms with Crippen molar-refractivity contribution in [2.75, 3.05) is 13.2 Å². The number of ether oxygens (including phenoxy) is 4. The number of nitrogens with zero attached hydrogens (tertiary/aromatic N) is 3. The Hall–Kier alpha value is -3.36. The number of esters is 3. The van der Waals surface area contributed by atoms with Gasteiger partial charge in [-0.05, 0) is 24.7 Å². The molecule has 5 N–H and O–H groups in total. The normalized spacial score (nSPS) is 20.1. The fraction of sp³-hybridized carbons (Fsp3) is 0.652. The van der Waals surface area contributed by atoms with Gasteiger partial charge in [0.1, 0.15) is 31.5 Å². The Labute approximate surface area is 213 Å². The van der Waals surface area contributed by atoms with E-state index in [0.717, 1.165) is 0 Å². The topological polar surface area (TPSA) is 204 Å². The minimum Gasteiger partial charge on any atom is -0.460 e. The summed E-state index contributed by atoms with van der Waals surface area (Å²) in [6, 6.07) is -1.88. The van der Waals surface area contributed by atoms with E-state index in [0.29, 0.717) is 18.5 Å². The number of aromatic nitrogens is 4. The van der Waals surface area contributed by atoms with Gasteiger partial charge >= 0.3 is 17.9 Å².